The van der Waals surface area contributed by atoms with Gasteiger partial charge in [0.15, 0.2) is 11.5 Å². The number of nitrogens with zero attached hydrogens (tertiary/aromatic N) is 3. The molecule has 0 radical (unpaired) electrons. The number of para-hydroxylation sites is 2. The lowest BCUT2D eigenvalue weighted by atomic mass is 10.0. The van der Waals surface area contributed by atoms with Crippen LogP contribution in [0.3, 0.4) is 0 Å². The molecule has 160 valence electrons. The third-order valence-electron chi connectivity index (χ3n) is 5.08. The average Bonchev–Trinajstić information content (AvgIpc) is 2.77. The van der Waals surface area contributed by atoms with E-state index in [4.69, 9.17) is 9.47 Å². The summed E-state index contributed by atoms with van der Waals surface area (Å²) in [6.45, 7) is 3.85. The lowest BCUT2D eigenvalue weighted by Crippen LogP contribution is -2.60. The summed E-state index contributed by atoms with van der Waals surface area (Å²) in [7, 11) is 1.56. The molecule has 1 aliphatic rings. The molecule has 8 nitrogen and oxygen atoms in total. The van der Waals surface area contributed by atoms with E-state index in [2.05, 4.69) is 10.1 Å². The highest BCUT2D eigenvalue weighted by Gasteiger charge is 2.46. The summed E-state index contributed by atoms with van der Waals surface area (Å²) in [6.07, 6.45) is 1.10. The van der Waals surface area contributed by atoms with Crippen LogP contribution in [0.15, 0.2) is 52.4 Å². The molecule has 0 bridgehead atoms. The monoisotopic (exact) mass is 439 g/mol. The van der Waals surface area contributed by atoms with Gasteiger partial charge in [-0.3, -0.25) is 14.6 Å². The third kappa shape index (κ3) is 3.44. The van der Waals surface area contributed by atoms with Crippen molar-refractivity contribution in [3.63, 3.8) is 0 Å². The van der Waals surface area contributed by atoms with E-state index in [9.17, 15) is 9.59 Å². The van der Waals surface area contributed by atoms with Gasteiger partial charge in [-0.05, 0) is 42.1 Å². The molecule has 2 aromatic carbocycles. The number of anilines is 1. The lowest BCUT2D eigenvalue weighted by molar-refractivity contribution is -0.763. The van der Waals surface area contributed by atoms with Gasteiger partial charge in [0.2, 0.25) is 11.1 Å². The highest BCUT2D eigenvalue weighted by molar-refractivity contribution is 7.98. The Kier molecular flexibility index (Phi) is 5.69. The van der Waals surface area contributed by atoms with Gasteiger partial charge in [-0.2, -0.15) is 0 Å². The summed E-state index contributed by atoms with van der Waals surface area (Å²) < 4.78 is 13.1. The standard InChI is InChI=1S/C22H22N4O4S/c1-5-30-17-12-8-10-15(19(17)29-3)21-25(13(2)27)16-11-7-6-9-14(16)18-20(28)23-22(31-4)24-26(18)21/h6-12,21H,5H2,1-4H3/p+1/t21-/m0/s1. The molecule has 1 aromatic heterocycles. The van der Waals surface area contributed by atoms with Crippen molar-refractivity contribution < 1.29 is 19.0 Å². The van der Waals surface area contributed by atoms with Crippen molar-refractivity contribution in [2.45, 2.75) is 25.2 Å². The topological polar surface area (TPSA) is 88.4 Å². The van der Waals surface area contributed by atoms with E-state index in [1.54, 1.807) is 16.7 Å². The normalized spacial score (nSPS) is 14.6. The number of benzene rings is 2. The summed E-state index contributed by atoms with van der Waals surface area (Å²) in [5.41, 5.74) is 2.03. The zero-order valence-corrected chi connectivity index (χ0v) is 18.5. The third-order valence-corrected chi connectivity index (χ3v) is 5.65. The fraction of sp³-hybridized carbons (Fsp3) is 0.273. The van der Waals surface area contributed by atoms with Crippen molar-refractivity contribution in [3.05, 3.63) is 58.4 Å². The molecule has 1 atom stereocenters. The molecule has 3 aromatic rings. The van der Waals surface area contributed by atoms with E-state index in [1.807, 2.05) is 55.6 Å². The number of hydrogen-bond donors (Lipinski definition) is 1. The van der Waals surface area contributed by atoms with Gasteiger partial charge < -0.3 is 9.47 Å². The largest absolute Gasteiger partial charge is 0.492 e. The van der Waals surface area contributed by atoms with Crippen LogP contribution in [0.1, 0.15) is 25.6 Å². The van der Waals surface area contributed by atoms with E-state index in [0.717, 1.165) is 0 Å². The van der Waals surface area contributed by atoms with Crippen molar-refractivity contribution in [3.8, 4) is 22.8 Å². The van der Waals surface area contributed by atoms with Crippen molar-refractivity contribution in [1.82, 2.24) is 10.1 Å². The summed E-state index contributed by atoms with van der Waals surface area (Å²) in [5, 5.41) is 5.11. The number of carbonyl (C=O) groups is 1. The first-order valence-corrected chi connectivity index (χ1v) is 11.0. The number of ether oxygens (including phenoxy) is 2. The number of thioether (sulfide) groups is 1. The van der Waals surface area contributed by atoms with Crippen LogP contribution in [0, 0.1) is 0 Å². The predicted molar refractivity (Wildman–Crippen MR) is 118 cm³/mol. The van der Waals surface area contributed by atoms with Gasteiger partial charge in [0.1, 0.15) is 0 Å². The van der Waals surface area contributed by atoms with E-state index in [0.29, 0.717) is 45.8 Å². The Balaban J connectivity index is 2.10. The zero-order valence-electron chi connectivity index (χ0n) is 17.7. The number of hydrogen-bond acceptors (Lipinski definition) is 6. The molecular weight excluding hydrogens is 416 g/mol. The molecule has 1 aliphatic heterocycles. The van der Waals surface area contributed by atoms with Crippen molar-refractivity contribution in [1.29, 1.82) is 0 Å². The van der Waals surface area contributed by atoms with E-state index < -0.39 is 6.17 Å². The van der Waals surface area contributed by atoms with E-state index in [1.165, 1.54) is 18.7 Å². The minimum absolute atomic E-state index is 0.188. The molecule has 9 heteroatoms. The second kappa shape index (κ2) is 8.43. The average molecular weight is 440 g/mol. The molecular formula is C22H23N4O4S+. The second-order valence-corrected chi connectivity index (χ2v) is 7.64. The Bertz CT molecular complexity index is 1210. The summed E-state index contributed by atoms with van der Waals surface area (Å²) >= 11 is 1.32. The number of nitrogens with one attached hydrogen (secondary N) is 1. The van der Waals surface area contributed by atoms with Crippen LogP contribution in [0.4, 0.5) is 5.69 Å². The number of H-pyrrole nitrogens is 1. The van der Waals surface area contributed by atoms with Gasteiger partial charge in [-0.15, -0.1) is 0 Å². The van der Waals surface area contributed by atoms with Crippen LogP contribution >= 0.6 is 11.8 Å². The molecule has 31 heavy (non-hydrogen) atoms. The number of methoxy groups -OCH3 is 1. The maximum atomic E-state index is 13.1. The summed E-state index contributed by atoms with van der Waals surface area (Å²) in [5.74, 6) is 0.861. The fourth-order valence-electron chi connectivity index (χ4n) is 3.91. The Morgan fingerprint density at radius 2 is 2.03 bits per heavy atom. The van der Waals surface area contributed by atoms with Gasteiger partial charge in [0.05, 0.1) is 30.5 Å². The number of rotatable bonds is 5. The molecule has 0 unspecified atom stereocenters. The fourth-order valence-corrected chi connectivity index (χ4v) is 4.27. The van der Waals surface area contributed by atoms with Gasteiger partial charge in [-0.1, -0.05) is 30.0 Å². The Labute approximate surface area is 183 Å². The minimum atomic E-state index is -0.731. The SMILES string of the molecule is CCOc1cccc([C@H]2N(C(C)=O)c3ccccc3-c3c(=O)[nH]c(SC)n[n+]32)c1OC. The maximum absolute atomic E-state index is 13.1. The van der Waals surface area contributed by atoms with Crippen LogP contribution in [0.2, 0.25) is 0 Å². The molecule has 0 fully saturated rings. The Morgan fingerprint density at radius 3 is 2.71 bits per heavy atom. The van der Waals surface area contributed by atoms with Crippen molar-refractivity contribution in [2.75, 3.05) is 24.9 Å². The molecule has 1 amide bonds. The lowest BCUT2D eigenvalue weighted by Gasteiger charge is -2.32. The van der Waals surface area contributed by atoms with E-state index in [-0.39, 0.29) is 11.5 Å². The molecule has 1 N–H and O–H groups in total. The molecule has 0 aliphatic carbocycles. The van der Waals surface area contributed by atoms with Crippen LogP contribution in [-0.2, 0) is 4.79 Å². The number of fused-ring (bicyclic) bond motifs is 3. The smallest absolute Gasteiger partial charge is 0.325 e. The molecule has 2 heterocycles. The minimum Gasteiger partial charge on any atom is -0.492 e. The first-order chi connectivity index (χ1) is 15.0. The number of aromatic nitrogens is 3. The van der Waals surface area contributed by atoms with Gasteiger partial charge in [-0.25, -0.2) is 4.90 Å². The highest BCUT2D eigenvalue weighted by Crippen LogP contribution is 2.42. The first-order valence-electron chi connectivity index (χ1n) is 9.80. The van der Waals surface area contributed by atoms with Crippen LogP contribution in [0.5, 0.6) is 11.5 Å². The Morgan fingerprint density at radius 1 is 1.26 bits per heavy atom. The number of aromatic amines is 1. The molecule has 4 rings (SSSR count). The maximum Gasteiger partial charge on any atom is 0.325 e. The number of amides is 1. The van der Waals surface area contributed by atoms with E-state index >= 15 is 0 Å². The molecule has 0 spiro atoms. The zero-order chi connectivity index (χ0) is 22.1. The van der Waals surface area contributed by atoms with Crippen LogP contribution < -0.4 is 24.6 Å². The van der Waals surface area contributed by atoms with Crippen LogP contribution in [-0.4, -0.2) is 36.0 Å². The molecule has 0 saturated heterocycles. The van der Waals surface area contributed by atoms with Crippen LogP contribution in [0.25, 0.3) is 11.3 Å². The summed E-state index contributed by atoms with van der Waals surface area (Å²) in [4.78, 5) is 30.5. The first kappa shape index (κ1) is 20.9. The van der Waals surface area contributed by atoms with Gasteiger partial charge in [0, 0.05) is 12.0 Å². The predicted octanol–water partition coefficient (Wildman–Crippen LogP) is 2.77. The number of carbonyl (C=O) groups excluding carboxylic acids is 1. The summed E-state index contributed by atoms with van der Waals surface area (Å²) in [6, 6.07) is 12.8. The Hall–Kier alpha value is -3.33. The van der Waals surface area contributed by atoms with Gasteiger partial charge in [0.25, 0.3) is 6.17 Å². The molecule has 0 saturated carbocycles. The van der Waals surface area contributed by atoms with Crippen molar-refractivity contribution >= 4 is 23.4 Å². The quantitative estimate of drug-likeness (QED) is 0.486. The van der Waals surface area contributed by atoms with Gasteiger partial charge >= 0.3 is 11.3 Å². The second-order valence-electron chi connectivity index (χ2n) is 6.85. The van der Waals surface area contributed by atoms with Crippen molar-refractivity contribution in [2.24, 2.45) is 0 Å². The highest BCUT2D eigenvalue weighted by atomic mass is 32.2.